The summed E-state index contributed by atoms with van der Waals surface area (Å²) in [4.78, 5) is 15.1. The quantitative estimate of drug-likeness (QED) is 0.409. The van der Waals surface area contributed by atoms with E-state index in [9.17, 15) is 13.2 Å². The van der Waals surface area contributed by atoms with Crippen LogP contribution >= 0.6 is 34.8 Å². The largest absolute Gasteiger partial charge is 0.308 e. The molecule has 1 heterocycles. The molecule has 0 fully saturated rings. The third-order valence-corrected chi connectivity index (χ3v) is 8.25. The summed E-state index contributed by atoms with van der Waals surface area (Å²) in [6.45, 7) is 1.52. The van der Waals surface area contributed by atoms with Crippen LogP contribution < -0.4 is 4.90 Å². The minimum atomic E-state index is -4.03. The maximum atomic E-state index is 13.5. The van der Waals surface area contributed by atoms with Crippen molar-refractivity contribution in [1.82, 2.24) is 4.31 Å². The smallest absolute Gasteiger partial charge is 0.243 e. The molecule has 1 atom stereocenters. The summed E-state index contributed by atoms with van der Waals surface area (Å²) in [7, 11) is -4.03. The molecular formula is C24H21Cl3N2O3S. The van der Waals surface area contributed by atoms with Gasteiger partial charge in [-0.25, -0.2) is 8.42 Å². The van der Waals surface area contributed by atoms with Crippen LogP contribution in [0.3, 0.4) is 0 Å². The Labute approximate surface area is 208 Å². The molecule has 33 heavy (non-hydrogen) atoms. The average Bonchev–Trinajstić information content (AvgIpc) is 3.11. The van der Waals surface area contributed by atoms with E-state index >= 15 is 0 Å². The molecule has 3 aromatic rings. The summed E-state index contributed by atoms with van der Waals surface area (Å²) in [5.74, 6) is -0.310. The number of fused-ring (bicyclic) bond motifs is 1. The number of carbonyl (C=O) groups excluding carboxylic acids is 1. The van der Waals surface area contributed by atoms with E-state index in [2.05, 4.69) is 0 Å². The van der Waals surface area contributed by atoms with Crippen molar-refractivity contribution in [3.05, 3.63) is 92.9 Å². The lowest BCUT2D eigenvalue weighted by Crippen LogP contribution is -2.44. The summed E-state index contributed by atoms with van der Waals surface area (Å²) >= 11 is 18.3. The van der Waals surface area contributed by atoms with Gasteiger partial charge >= 0.3 is 0 Å². The first-order valence-electron chi connectivity index (χ1n) is 10.3. The first kappa shape index (κ1) is 24.0. The lowest BCUT2D eigenvalue weighted by atomic mass is 10.1. The Hall–Kier alpha value is -2.09. The van der Waals surface area contributed by atoms with Gasteiger partial charge in [0.1, 0.15) is 0 Å². The SMILES string of the molecule is C[C@@H]1Cc2ccccc2N1C(=O)CN(Cc1ccc(Cl)cc1Cl)S(=O)(=O)c1ccc(Cl)cc1. The molecule has 4 rings (SSSR count). The van der Waals surface area contributed by atoms with Gasteiger partial charge in [0.2, 0.25) is 15.9 Å². The molecular weight excluding hydrogens is 503 g/mol. The Morgan fingerprint density at radius 3 is 2.36 bits per heavy atom. The van der Waals surface area contributed by atoms with E-state index in [1.807, 2.05) is 31.2 Å². The van der Waals surface area contributed by atoms with E-state index in [4.69, 9.17) is 34.8 Å². The summed E-state index contributed by atoms with van der Waals surface area (Å²) in [5.41, 5.74) is 2.41. The zero-order chi connectivity index (χ0) is 23.8. The number of para-hydroxylation sites is 1. The van der Waals surface area contributed by atoms with Crippen molar-refractivity contribution >= 4 is 56.4 Å². The second kappa shape index (κ2) is 9.65. The van der Waals surface area contributed by atoms with Crippen molar-refractivity contribution in [1.29, 1.82) is 0 Å². The first-order valence-corrected chi connectivity index (χ1v) is 12.8. The van der Waals surface area contributed by atoms with Crippen LogP contribution in [0.15, 0.2) is 71.6 Å². The Morgan fingerprint density at radius 1 is 1.00 bits per heavy atom. The maximum Gasteiger partial charge on any atom is 0.243 e. The topological polar surface area (TPSA) is 57.7 Å². The van der Waals surface area contributed by atoms with Crippen molar-refractivity contribution in [2.45, 2.75) is 30.8 Å². The molecule has 0 spiro atoms. The fraction of sp³-hybridized carbons (Fsp3) is 0.208. The highest BCUT2D eigenvalue weighted by molar-refractivity contribution is 7.89. The van der Waals surface area contributed by atoms with Crippen LogP contribution in [0.25, 0.3) is 0 Å². The van der Waals surface area contributed by atoms with E-state index in [1.165, 1.54) is 24.3 Å². The van der Waals surface area contributed by atoms with Crippen molar-refractivity contribution in [2.75, 3.05) is 11.4 Å². The third kappa shape index (κ3) is 5.05. The molecule has 0 aromatic heterocycles. The number of halogens is 3. The summed E-state index contributed by atoms with van der Waals surface area (Å²) < 4.78 is 28.2. The fourth-order valence-electron chi connectivity index (χ4n) is 3.99. The second-order valence-electron chi connectivity index (χ2n) is 7.91. The standard InChI is InChI=1S/C24H21Cl3N2O3S/c1-16-12-17-4-2-3-5-23(17)29(16)24(30)15-28(14-18-6-7-20(26)13-22(18)27)33(31,32)21-10-8-19(25)9-11-21/h2-11,13,16H,12,14-15H2,1H3/t16-/m1/s1. The summed E-state index contributed by atoms with van der Waals surface area (Å²) in [5, 5.41) is 1.18. The van der Waals surface area contributed by atoms with Gasteiger partial charge in [-0.3, -0.25) is 4.79 Å². The molecule has 0 aliphatic carbocycles. The highest BCUT2D eigenvalue weighted by Gasteiger charge is 2.34. The van der Waals surface area contributed by atoms with Gasteiger partial charge in [0, 0.05) is 33.3 Å². The predicted octanol–water partition coefficient (Wildman–Crippen LogP) is 5.82. The average molecular weight is 524 g/mol. The molecule has 1 amide bonds. The fourth-order valence-corrected chi connectivity index (χ4v) is 5.96. The van der Waals surface area contributed by atoms with Crippen LogP contribution in [0.2, 0.25) is 15.1 Å². The minimum absolute atomic E-state index is 0.0413. The molecule has 1 aliphatic heterocycles. The van der Waals surface area contributed by atoms with Crippen molar-refractivity contribution in [2.24, 2.45) is 0 Å². The van der Waals surface area contributed by atoms with E-state index in [1.54, 1.807) is 23.1 Å². The molecule has 1 aliphatic rings. The highest BCUT2D eigenvalue weighted by atomic mass is 35.5. The first-order chi connectivity index (χ1) is 15.7. The number of hydrogen-bond donors (Lipinski definition) is 0. The number of anilines is 1. The van der Waals surface area contributed by atoms with Crippen LogP contribution in [0.1, 0.15) is 18.1 Å². The molecule has 5 nitrogen and oxygen atoms in total. The van der Waals surface area contributed by atoms with Gasteiger partial charge in [0.15, 0.2) is 0 Å². The number of nitrogens with zero attached hydrogens (tertiary/aromatic N) is 2. The van der Waals surface area contributed by atoms with E-state index in [-0.39, 0.29) is 29.9 Å². The number of sulfonamides is 1. The zero-order valence-electron chi connectivity index (χ0n) is 17.7. The Balaban J connectivity index is 1.69. The number of amides is 1. The molecule has 9 heteroatoms. The lowest BCUT2D eigenvalue weighted by molar-refractivity contribution is -0.119. The molecule has 0 N–H and O–H groups in total. The van der Waals surface area contributed by atoms with Crippen LogP contribution in [0.4, 0.5) is 5.69 Å². The third-order valence-electron chi connectivity index (χ3n) is 5.60. The van der Waals surface area contributed by atoms with Crippen LogP contribution in [0.5, 0.6) is 0 Å². The monoisotopic (exact) mass is 522 g/mol. The Bertz CT molecular complexity index is 1300. The molecule has 0 unspecified atom stereocenters. The van der Waals surface area contributed by atoms with Gasteiger partial charge in [0.05, 0.1) is 11.4 Å². The van der Waals surface area contributed by atoms with Crippen LogP contribution in [-0.4, -0.2) is 31.2 Å². The van der Waals surface area contributed by atoms with Gasteiger partial charge in [0.25, 0.3) is 0 Å². The van der Waals surface area contributed by atoms with Crippen LogP contribution in [0, 0.1) is 0 Å². The lowest BCUT2D eigenvalue weighted by Gasteiger charge is -2.28. The van der Waals surface area contributed by atoms with E-state index in [0.29, 0.717) is 20.6 Å². The number of benzene rings is 3. The zero-order valence-corrected chi connectivity index (χ0v) is 20.8. The highest BCUT2D eigenvalue weighted by Crippen LogP contribution is 2.33. The molecule has 3 aromatic carbocycles. The van der Waals surface area contributed by atoms with Gasteiger partial charge in [-0.05, 0) is 66.9 Å². The Morgan fingerprint density at radius 2 is 1.67 bits per heavy atom. The number of carbonyl (C=O) groups is 1. The van der Waals surface area contributed by atoms with Gasteiger partial charge < -0.3 is 4.90 Å². The summed E-state index contributed by atoms with van der Waals surface area (Å²) in [6.07, 6.45) is 0.717. The maximum absolute atomic E-state index is 13.5. The van der Waals surface area contributed by atoms with Crippen molar-refractivity contribution < 1.29 is 13.2 Å². The molecule has 0 bridgehead atoms. The van der Waals surface area contributed by atoms with Gasteiger partial charge in [-0.1, -0.05) is 59.1 Å². The van der Waals surface area contributed by atoms with E-state index in [0.717, 1.165) is 22.0 Å². The molecule has 172 valence electrons. The van der Waals surface area contributed by atoms with Gasteiger partial charge in [-0.2, -0.15) is 4.31 Å². The second-order valence-corrected chi connectivity index (χ2v) is 11.1. The molecule has 0 saturated carbocycles. The number of rotatable bonds is 6. The summed E-state index contributed by atoms with van der Waals surface area (Å²) in [6, 6.07) is 18.3. The van der Waals surface area contributed by atoms with Gasteiger partial charge in [-0.15, -0.1) is 0 Å². The van der Waals surface area contributed by atoms with Crippen LogP contribution in [-0.2, 0) is 27.8 Å². The van der Waals surface area contributed by atoms with E-state index < -0.39 is 10.0 Å². The number of hydrogen-bond acceptors (Lipinski definition) is 3. The van der Waals surface area contributed by atoms with Crippen molar-refractivity contribution in [3.63, 3.8) is 0 Å². The Kier molecular flexibility index (Phi) is 7.03. The normalized spacial score (nSPS) is 15.7. The van der Waals surface area contributed by atoms with Crippen molar-refractivity contribution in [3.8, 4) is 0 Å². The molecule has 0 radical (unpaired) electrons. The minimum Gasteiger partial charge on any atom is -0.308 e. The molecule has 0 saturated heterocycles. The predicted molar refractivity (Wildman–Crippen MR) is 133 cm³/mol.